The second-order valence-corrected chi connectivity index (χ2v) is 6.70. The summed E-state index contributed by atoms with van der Waals surface area (Å²) in [6, 6.07) is 10.4. The standard InChI is InChI=1S/C11H11NS.C6H12N2.2C2H6/c1-8-11(13-9(2)12-8)10-6-4-3-5-7-10;1-5-4-8(3)7-6(5)2;2*1-2/h3-7H,1-2H3;5H,4H2,1-3H3;2*1-2H3. The highest BCUT2D eigenvalue weighted by atomic mass is 32.1. The first-order valence-corrected chi connectivity index (χ1v) is 10.0. The van der Waals surface area contributed by atoms with Crippen molar-refractivity contribution >= 4 is 17.0 Å². The van der Waals surface area contributed by atoms with Gasteiger partial charge in [-0.2, -0.15) is 5.10 Å². The van der Waals surface area contributed by atoms with Crippen LogP contribution in [0, 0.1) is 19.8 Å². The average molecular weight is 362 g/mol. The number of hydrogen-bond acceptors (Lipinski definition) is 4. The zero-order valence-electron chi connectivity index (χ0n) is 17.4. The number of benzene rings is 1. The van der Waals surface area contributed by atoms with E-state index in [0.717, 1.165) is 17.2 Å². The Bertz CT molecular complexity index is 617. The van der Waals surface area contributed by atoms with Gasteiger partial charge >= 0.3 is 0 Å². The smallest absolute Gasteiger partial charge is 0.0903 e. The average Bonchev–Trinajstić information content (AvgIpc) is 3.12. The van der Waals surface area contributed by atoms with Crippen LogP contribution < -0.4 is 0 Å². The van der Waals surface area contributed by atoms with E-state index >= 15 is 0 Å². The van der Waals surface area contributed by atoms with Crippen LogP contribution in [0.1, 0.15) is 52.2 Å². The summed E-state index contributed by atoms with van der Waals surface area (Å²) in [5, 5.41) is 7.34. The summed E-state index contributed by atoms with van der Waals surface area (Å²) in [6.07, 6.45) is 0. The molecular formula is C21H35N3S. The highest BCUT2D eigenvalue weighted by molar-refractivity contribution is 7.15. The van der Waals surface area contributed by atoms with Gasteiger partial charge in [-0.05, 0) is 26.3 Å². The summed E-state index contributed by atoms with van der Waals surface area (Å²) >= 11 is 1.76. The number of hydrazone groups is 1. The second kappa shape index (κ2) is 12.6. The third-order valence-corrected chi connectivity index (χ3v) is 4.64. The largest absolute Gasteiger partial charge is 0.300 e. The van der Waals surface area contributed by atoms with Gasteiger partial charge in [-0.1, -0.05) is 65.0 Å². The minimum absolute atomic E-state index is 0.667. The van der Waals surface area contributed by atoms with Crippen molar-refractivity contribution in [2.45, 2.75) is 55.4 Å². The van der Waals surface area contributed by atoms with Crippen molar-refractivity contribution in [2.24, 2.45) is 11.0 Å². The zero-order chi connectivity index (χ0) is 19.4. The Morgan fingerprint density at radius 2 is 1.56 bits per heavy atom. The van der Waals surface area contributed by atoms with Gasteiger partial charge in [0.25, 0.3) is 0 Å². The molecule has 1 aromatic carbocycles. The first kappa shape index (κ1) is 23.3. The molecule has 0 radical (unpaired) electrons. The van der Waals surface area contributed by atoms with Gasteiger partial charge in [-0.3, -0.25) is 5.01 Å². The molecule has 0 saturated heterocycles. The van der Waals surface area contributed by atoms with E-state index in [2.05, 4.69) is 55.1 Å². The molecular weight excluding hydrogens is 326 g/mol. The van der Waals surface area contributed by atoms with Crippen LogP contribution in [0.15, 0.2) is 35.4 Å². The topological polar surface area (TPSA) is 28.5 Å². The Hall–Kier alpha value is -1.68. The maximum Gasteiger partial charge on any atom is 0.0903 e. The lowest BCUT2D eigenvalue weighted by atomic mass is 10.1. The minimum Gasteiger partial charge on any atom is -0.300 e. The van der Waals surface area contributed by atoms with Crippen LogP contribution in [0.25, 0.3) is 10.4 Å². The number of hydrogen-bond donors (Lipinski definition) is 0. The number of aryl methyl sites for hydroxylation is 2. The molecule has 0 amide bonds. The van der Waals surface area contributed by atoms with Gasteiger partial charge in [-0.15, -0.1) is 11.3 Å². The van der Waals surface area contributed by atoms with Gasteiger partial charge in [0.2, 0.25) is 0 Å². The molecule has 0 fully saturated rings. The summed E-state index contributed by atoms with van der Waals surface area (Å²) in [6.45, 7) is 17.5. The fourth-order valence-corrected chi connectivity index (χ4v) is 3.25. The third-order valence-electron chi connectivity index (χ3n) is 3.52. The van der Waals surface area contributed by atoms with Crippen LogP contribution in [-0.2, 0) is 0 Å². The summed E-state index contributed by atoms with van der Waals surface area (Å²) in [5.41, 5.74) is 3.66. The minimum atomic E-state index is 0.667. The Kier molecular flexibility index (Phi) is 11.8. The van der Waals surface area contributed by atoms with E-state index < -0.39 is 0 Å². The first-order valence-electron chi connectivity index (χ1n) is 9.23. The van der Waals surface area contributed by atoms with Crippen molar-refractivity contribution in [1.29, 1.82) is 0 Å². The van der Waals surface area contributed by atoms with Gasteiger partial charge < -0.3 is 0 Å². The van der Waals surface area contributed by atoms with Gasteiger partial charge in [0.05, 0.1) is 15.6 Å². The summed E-state index contributed by atoms with van der Waals surface area (Å²) in [7, 11) is 2.01. The molecule has 1 atom stereocenters. The predicted molar refractivity (Wildman–Crippen MR) is 115 cm³/mol. The van der Waals surface area contributed by atoms with E-state index in [1.807, 2.05) is 52.7 Å². The molecule has 1 aliphatic rings. The van der Waals surface area contributed by atoms with Crippen molar-refractivity contribution in [3.63, 3.8) is 0 Å². The molecule has 1 unspecified atom stereocenters. The molecule has 4 heteroatoms. The lowest BCUT2D eigenvalue weighted by Crippen LogP contribution is -2.11. The third kappa shape index (κ3) is 7.82. The molecule has 0 spiro atoms. The number of aromatic nitrogens is 1. The molecule has 3 nitrogen and oxygen atoms in total. The van der Waals surface area contributed by atoms with Crippen LogP contribution in [-0.4, -0.2) is 29.3 Å². The van der Waals surface area contributed by atoms with E-state index in [0.29, 0.717) is 5.92 Å². The zero-order valence-corrected chi connectivity index (χ0v) is 18.2. The number of nitrogens with zero attached hydrogens (tertiary/aromatic N) is 3. The molecule has 2 heterocycles. The maximum absolute atomic E-state index is 4.41. The molecule has 1 aliphatic heterocycles. The van der Waals surface area contributed by atoms with Gasteiger partial charge in [0.15, 0.2) is 0 Å². The molecule has 3 rings (SSSR count). The SMILES string of the molecule is CC.CC.CC1=NN(C)CC1C.Cc1nc(C)c(-c2ccccc2)s1. The second-order valence-electron chi connectivity index (χ2n) is 5.50. The number of thiazole rings is 1. The quantitative estimate of drug-likeness (QED) is 0.586. The van der Waals surface area contributed by atoms with Crippen LogP contribution in [0.5, 0.6) is 0 Å². The van der Waals surface area contributed by atoms with Crippen molar-refractivity contribution in [3.05, 3.63) is 41.0 Å². The van der Waals surface area contributed by atoms with E-state index in [1.54, 1.807) is 11.3 Å². The number of rotatable bonds is 1. The summed E-state index contributed by atoms with van der Waals surface area (Å²) in [5.74, 6) is 0.667. The normalized spacial score (nSPS) is 15.0. The van der Waals surface area contributed by atoms with Gasteiger partial charge in [0, 0.05) is 25.2 Å². The molecule has 2 aromatic rings. The Balaban J connectivity index is 0.000000414. The van der Waals surface area contributed by atoms with Crippen LogP contribution in [0.4, 0.5) is 0 Å². The Morgan fingerprint density at radius 3 is 1.88 bits per heavy atom. The van der Waals surface area contributed by atoms with Crippen LogP contribution >= 0.6 is 11.3 Å². The highest BCUT2D eigenvalue weighted by Gasteiger charge is 2.14. The molecule has 0 N–H and O–H groups in total. The Morgan fingerprint density at radius 1 is 1.00 bits per heavy atom. The fraction of sp³-hybridized carbons (Fsp3) is 0.524. The fourth-order valence-electron chi connectivity index (χ4n) is 2.33. The summed E-state index contributed by atoms with van der Waals surface area (Å²) in [4.78, 5) is 5.70. The summed E-state index contributed by atoms with van der Waals surface area (Å²) < 4.78 is 0. The molecule has 1 aromatic heterocycles. The first-order chi connectivity index (χ1) is 12.0. The lowest BCUT2D eigenvalue weighted by molar-refractivity contribution is 0.368. The highest BCUT2D eigenvalue weighted by Crippen LogP contribution is 2.28. The molecule has 0 bridgehead atoms. The van der Waals surface area contributed by atoms with Crippen LogP contribution in [0.3, 0.4) is 0 Å². The molecule has 140 valence electrons. The van der Waals surface area contributed by atoms with E-state index in [1.165, 1.54) is 16.2 Å². The van der Waals surface area contributed by atoms with Crippen molar-refractivity contribution in [1.82, 2.24) is 9.99 Å². The van der Waals surface area contributed by atoms with E-state index in [4.69, 9.17) is 0 Å². The van der Waals surface area contributed by atoms with Gasteiger partial charge in [0.1, 0.15) is 0 Å². The predicted octanol–water partition coefficient (Wildman–Crippen LogP) is 6.42. The Labute approximate surface area is 158 Å². The lowest BCUT2D eigenvalue weighted by Gasteiger charge is -2.04. The molecule has 0 aliphatic carbocycles. The van der Waals surface area contributed by atoms with Crippen LogP contribution in [0.2, 0.25) is 0 Å². The van der Waals surface area contributed by atoms with Crippen molar-refractivity contribution in [2.75, 3.05) is 13.6 Å². The van der Waals surface area contributed by atoms with Gasteiger partial charge in [-0.25, -0.2) is 4.98 Å². The van der Waals surface area contributed by atoms with E-state index in [9.17, 15) is 0 Å². The van der Waals surface area contributed by atoms with Crippen molar-refractivity contribution < 1.29 is 0 Å². The maximum atomic E-state index is 4.41. The molecule has 25 heavy (non-hydrogen) atoms. The van der Waals surface area contributed by atoms with E-state index in [-0.39, 0.29) is 0 Å². The molecule has 0 saturated carbocycles. The van der Waals surface area contributed by atoms with Crippen molar-refractivity contribution in [3.8, 4) is 10.4 Å². The monoisotopic (exact) mass is 361 g/mol.